The summed E-state index contributed by atoms with van der Waals surface area (Å²) in [6.07, 6.45) is 1.99. The van der Waals surface area contributed by atoms with Crippen LogP contribution >= 0.6 is 0 Å². The van der Waals surface area contributed by atoms with Crippen molar-refractivity contribution in [2.75, 3.05) is 33.2 Å². The minimum absolute atomic E-state index is 1.08. The first kappa shape index (κ1) is 12.4. The minimum atomic E-state index is 1.08. The normalized spacial score (nSPS) is 23.4. The van der Waals surface area contributed by atoms with E-state index in [1.165, 1.54) is 43.0 Å². The molecule has 0 atom stereocenters. The van der Waals surface area contributed by atoms with Crippen molar-refractivity contribution in [3.05, 3.63) is 42.1 Å². The quantitative estimate of drug-likeness (QED) is 0.648. The zero-order chi connectivity index (χ0) is 13.1. The van der Waals surface area contributed by atoms with E-state index in [1.54, 1.807) is 9.80 Å². The van der Waals surface area contributed by atoms with E-state index in [4.69, 9.17) is 0 Å². The van der Waals surface area contributed by atoms with Gasteiger partial charge >= 0.3 is 0 Å². The van der Waals surface area contributed by atoms with Crippen molar-refractivity contribution in [3.63, 3.8) is 0 Å². The molecule has 0 aliphatic carbocycles. The number of hydrogen-bond donors (Lipinski definition) is 3. The molecule has 0 radical (unpaired) electrons. The fraction of sp³-hybridized carbons (Fsp3) is 0.400. The van der Waals surface area contributed by atoms with Gasteiger partial charge in [0.05, 0.1) is 24.5 Å². The molecule has 0 unspecified atom stereocenters. The molecule has 1 aromatic heterocycles. The second-order valence-corrected chi connectivity index (χ2v) is 5.52. The maximum absolute atomic E-state index is 4.24. The molecule has 19 heavy (non-hydrogen) atoms. The van der Waals surface area contributed by atoms with E-state index in [2.05, 4.69) is 41.5 Å². The van der Waals surface area contributed by atoms with Crippen LogP contribution in [0.4, 0.5) is 0 Å². The lowest BCUT2D eigenvalue weighted by molar-refractivity contribution is -1.01. The lowest BCUT2D eigenvalue weighted by atomic mass is 10.1. The topological polar surface area (TPSA) is 37.6 Å². The van der Waals surface area contributed by atoms with Crippen LogP contribution in [-0.4, -0.2) is 43.4 Å². The molecule has 100 valence electrons. The number of likely N-dealkylation sites (N-methyl/N-ethyl adjacent to an activating group) is 1. The average Bonchev–Trinajstić information content (AvgIpc) is 2.90. The predicted octanol–water partition coefficient (Wildman–Crippen LogP) is -1.01. The third-order valence-electron chi connectivity index (χ3n) is 4.03. The van der Waals surface area contributed by atoms with Crippen LogP contribution in [0.25, 0.3) is 11.3 Å². The molecule has 0 amide bonds. The Morgan fingerprint density at radius 3 is 2.58 bits per heavy atom. The summed E-state index contributed by atoms with van der Waals surface area (Å²) in [5.41, 5.74) is 3.74. The number of H-pyrrole nitrogens is 1. The van der Waals surface area contributed by atoms with Gasteiger partial charge in [0.1, 0.15) is 32.7 Å². The summed E-state index contributed by atoms with van der Waals surface area (Å²) in [6.45, 7) is 6.13. The van der Waals surface area contributed by atoms with Crippen LogP contribution in [0.3, 0.4) is 0 Å². The van der Waals surface area contributed by atoms with Crippen molar-refractivity contribution in [2.45, 2.75) is 6.54 Å². The van der Waals surface area contributed by atoms with Gasteiger partial charge < -0.3 is 9.80 Å². The summed E-state index contributed by atoms with van der Waals surface area (Å²) in [5, 5.41) is 7.39. The average molecular weight is 258 g/mol. The number of nitrogens with one attached hydrogen (secondary N) is 3. The van der Waals surface area contributed by atoms with E-state index >= 15 is 0 Å². The molecule has 4 heteroatoms. The number of benzene rings is 1. The van der Waals surface area contributed by atoms with Gasteiger partial charge in [0, 0.05) is 5.56 Å². The zero-order valence-corrected chi connectivity index (χ0v) is 11.4. The molecular formula is C15H22N4+2. The Morgan fingerprint density at radius 1 is 1.11 bits per heavy atom. The molecule has 1 saturated heterocycles. The lowest BCUT2D eigenvalue weighted by Crippen LogP contribution is -3.26. The Morgan fingerprint density at radius 2 is 1.84 bits per heavy atom. The van der Waals surface area contributed by atoms with Gasteiger partial charge in [0.2, 0.25) is 0 Å². The highest BCUT2D eigenvalue weighted by molar-refractivity contribution is 5.62. The second-order valence-electron chi connectivity index (χ2n) is 5.52. The highest BCUT2D eigenvalue weighted by atomic mass is 15.2. The van der Waals surface area contributed by atoms with Gasteiger partial charge in [-0.25, -0.2) is 0 Å². The molecular weight excluding hydrogens is 236 g/mol. The Bertz CT molecular complexity index is 512. The number of aromatic amines is 1. The van der Waals surface area contributed by atoms with Gasteiger partial charge in [-0.1, -0.05) is 30.3 Å². The van der Waals surface area contributed by atoms with Crippen molar-refractivity contribution in [1.29, 1.82) is 0 Å². The minimum Gasteiger partial charge on any atom is -0.328 e. The number of hydrogen-bond acceptors (Lipinski definition) is 1. The summed E-state index contributed by atoms with van der Waals surface area (Å²) in [5.74, 6) is 0. The Labute approximate surface area is 114 Å². The summed E-state index contributed by atoms with van der Waals surface area (Å²) < 4.78 is 0. The Balaban J connectivity index is 1.74. The van der Waals surface area contributed by atoms with E-state index in [0.29, 0.717) is 0 Å². The van der Waals surface area contributed by atoms with E-state index in [0.717, 1.165) is 6.54 Å². The number of piperazine rings is 1. The third-order valence-corrected chi connectivity index (χ3v) is 4.03. The van der Waals surface area contributed by atoms with Crippen molar-refractivity contribution in [1.82, 2.24) is 10.2 Å². The fourth-order valence-electron chi connectivity index (χ4n) is 2.78. The summed E-state index contributed by atoms with van der Waals surface area (Å²) in [4.78, 5) is 3.32. The summed E-state index contributed by atoms with van der Waals surface area (Å²) in [7, 11) is 2.28. The predicted molar refractivity (Wildman–Crippen MR) is 75.0 cm³/mol. The smallest absolute Gasteiger partial charge is 0.127 e. The van der Waals surface area contributed by atoms with Gasteiger partial charge in [-0.15, -0.1) is 0 Å². The number of quaternary nitrogens is 2. The highest BCUT2D eigenvalue weighted by Gasteiger charge is 2.21. The van der Waals surface area contributed by atoms with Crippen LogP contribution < -0.4 is 9.80 Å². The van der Waals surface area contributed by atoms with Crippen LogP contribution in [0.5, 0.6) is 0 Å². The third kappa shape index (κ3) is 2.85. The van der Waals surface area contributed by atoms with E-state index in [9.17, 15) is 0 Å². The van der Waals surface area contributed by atoms with Crippen molar-refractivity contribution in [3.8, 4) is 11.3 Å². The maximum atomic E-state index is 4.24. The monoisotopic (exact) mass is 258 g/mol. The molecule has 1 fully saturated rings. The molecule has 1 aliphatic rings. The first-order valence-electron chi connectivity index (χ1n) is 7.05. The van der Waals surface area contributed by atoms with Gasteiger partial charge in [-0.3, -0.25) is 5.10 Å². The number of aromatic nitrogens is 2. The second kappa shape index (κ2) is 5.55. The molecule has 2 aromatic rings. The van der Waals surface area contributed by atoms with Crippen LogP contribution in [0.15, 0.2) is 36.5 Å². The van der Waals surface area contributed by atoms with Crippen molar-refractivity contribution < 1.29 is 9.80 Å². The van der Waals surface area contributed by atoms with Crippen molar-refractivity contribution in [2.24, 2.45) is 0 Å². The SMILES string of the molecule is C[NH+]1CC[NH+](Cc2cn[nH]c2-c2ccccc2)CC1. The Hall–Kier alpha value is -1.65. The zero-order valence-electron chi connectivity index (χ0n) is 11.4. The van der Waals surface area contributed by atoms with Crippen LogP contribution in [0.2, 0.25) is 0 Å². The van der Waals surface area contributed by atoms with Crippen LogP contribution in [0, 0.1) is 0 Å². The summed E-state index contributed by atoms with van der Waals surface area (Å²) in [6, 6.07) is 10.5. The van der Waals surface area contributed by atoms with Gasteiger partial charge in [-0.2, -0.15) is 5.10 Å². The number of nitrogens with zero attached hydrogens (tertiary/aromatic N) is 1. The highest BCUT2D eigenvalue weighted by Crippen LogP contribution is 2.19. The van der Waals surface area contributed by atoms with Gasteiger partial charge in [0.25, 0.3) is 0 Å². The molecule has 3 N–H and O–H groups in total. The van der Waals surface area contributed by atoms with Crippen LogP contribution in [-0.2, 0) is 6.54 Å². The standard InChI is InChI=1S/C15H20N4/c1-18-7-9-19(10-8-18)12-14-11-16-17-15(14)13-5-3-2-4-6-13/h2-6,11H,7-10,12H2,1H3,(H,16,17)/p+2. The lowest BCUT2D eigenvalue weighted by Gasteiger charge is -2.27. The number of rotatable bonds is 3. The van der Waals surface area contributed by atoms with E-state index in [-0.39, 0.29) is 0 Å². The molecule has 0 bridgehead atoms. The van der Waals surface area contributed by atoms with Gasteiger partial charge in [-0.05, 0) is 0 Å². The molecule has 4 nitrogen and oxygen atoms in total. The Kier molecular flexibility index (Phi) is 3.62. The first-order valence-corrected chi connectivity index (χ1v) is 7.05. The molecule has 1 aromatic carbocycles. The van der Waals surface area contributed by atoms with Gasteiger partial charge in [0.15, 0.2) is 0 Å². The first-order chi connectivity index (χ1) is 9.33. The molecule has 0 saturated carbocycles. The van der Waals surface area contributed by atoms with Crippen LogP contribution in [0.1, 0.15) is 5.56 Å². The fourth-order valence-corrected chi connectivity index (χ4v) is 2.78. The largest absolute Gasteiger partial charge is 0.328 e. The molecule has 0 spiro atoms. The molecule has 2 heterocycles. The summed E-state index contributed by atoms with van der Waals surface area (Å²) >= 11 is 0. The maximum Gasteiger partial charge on any atom is 0.127 e. The molecule has 3 rings (SSSR count). The van der Waals surface area contributed by atoms with E-state index in [1.807, 2.05) is 12.3 Å². The molecule has 1 aliphatic heterocycles. The van der Waals surface area contributed by atoms with E-state index < -0.39 is 0 Å². The van der Waals surface area contributed by atoms with Crippen molar-refractivity contribution >= 4 is 0 Å².